The third kappa shape index (κ3) is 4.43. The predicted molar refractivity (Wildman–Crippen MR) is 118 cm³/mol. The molecule has 1 aliphatic rings. The molecule has 0 unspecified atom stereocenters. The predicted octanol–water partition coefficient (Wildman–Crippen LogP) is 4.40. The number of anilines is 1. The number of aryl methyl sites for hydroxylation is 1. The number of pyridine rings is 1. The molecule has 3 aromatic heterocycles. The van der Waals surface area contributed by atoms with Gasteiger partial charge in [0.15, 0.2) is 0 Å². The molecule has 1 fully saturated rings. The topological polar surface area (TPSA) is 72.0 Å². The van der Waals surface area contributed by atoms with E-state index in [0.717, 1.165) is 38.3 Å². The normalized spacial score (nSPS) is 15.5. The molecular formula is C23H23F3N6O. The first-order valence-corrected chi connectivity index (χ1v) is 10.8. The molecule has 5 rings (SSSR count). The van der Waals surface area contributed by atoms with Crippen molar-refractivity contribution in [2.45, 2.75) is 31.6 Å². The van der Waals surface area contributed by atoms with Gasteiger partial charge in [-0.2, -0.15) is 18.2 Å². The number of fused-ring (bicyclic) bond motifs is 1. The fourth-order valence-corrected chi connectivity index (χ4v) is 4.29. The number of nitrogens with zero attached hydrogens (tertiary/aromatic N) is 5. The van der Waals surface area contributed by atoms with Gasteiger partial charge in [-0.25, -0.2) is 4.98 Å². The molecule has 0 spiro atoms. The highest BCUT2D eigenvalue weighted by Gasteiger charge is 2.38. The molecular weight excluding hydrogens is 433 g/mol. The lowest BCUT2D eigenvalue weighted by molar-refractivity contribution is -0.159. The van der Waals surface area contributed by atoms with Gasteiger partial charge < -0.3 is 19.3 Å². The van der Waals surface area contributed by atoms with Gasteiger partial charge >= 0.3 is 12.1 Å². The molecule has 0 aliphatic carbocycles. The first-order valence-electron chi connectivity index (χ1n) is 10.8. The van der Waals surface area contributed by atoms with E-state index < -0.39 is 12.1 Å². The lowest BCUT2D eigenvalue weighted by atomic mass is 10.0. The van der Waals surface area contributed by atoms with E-state index in [-0.39, 0.29) is 5.82 Å². The van der Waals surface area contributed by atoms with E-state index in [9.17, 15) is 13.2 Å². The molecule has 1 saturated heterocycles. The Hall–Kier alpha value is -3.40. The van der Waals surface area contributed by atoms with Crippen molar-refractivity contribution < 1.29 is 17.7 Å². The molecule has 0 amide bonds. The Balaban J connectivity index is 1.17. The van der Waals surface area contributed by atoms with Gasteiger partial charge in [0, 0.05) is 61.6 Å². The lowest BCUT2D eigenvalue weighted by Gasteiger charge is -2.33. The zero-order valence-corrected chi connectivity index (χ0v) is 18.0. The van der Waals surface area contributed by atoms with Gasteiger partial charge in [-0.3, -0.25) is 0 Å². The summed E-state index contributed by atoms with van der Waals surface area (Å²) >= 11 is 0. The smallest absolute Gasteiger partial charge is 0.357 e. The van der Waals surface area contributed by atoms with Gasteiger partial charge in [0.25, 0.3) is 0 Å². The SMILES string of the molecule is Cn1cc(CNC2CCN(c3ccc(-c4noc(C(F)(F)F)n4)cn3)CC2)c2ccccc21. The summed E-state index contributed by atoms with van der Waals surface area (Å²) in [5, 5.41) is 8.36. The molecule has 4 aromatic rings. The van der Waals surface area contributed by atoms with E-state index in [1.165, 1.54) is 22.7 Å². The summed E-state index contributed by atoms with van der Waals surface area (Å²) < 4.78 is 44.4. The number of hydrogen-bond donors (Lipinski definition) is 1. The van der Waals surface area contributed by atoms with E-state index in [4.69, 9.17) is 0 Å². The van der Waals surface area contributed by atoms with Crippen LogP contribution in [0.15, 0.2) is 53.3 Å². The molecule has 0 atom stereocenters. The summed E-state index contributed by atoms with van der Waals surface area (Å²) in [5.41, 5.74) is 2.90. The van der Waals surface area contributed by atoms with E-state index in [2.05, 4.69) is 71.9 Å². The number of hydrogen-bond acceptors (Lipinski definition) is 6. The lowest BCUT2D eigenvalue weighted by Crippen LogP contribution is -2.42. The molecule has 0 saturated carbocycles. The highest BCUT2D eigenvalue weighted by atomic mass is 19.4. The fraction of sp³-hybridized carbons (Fsp3) is 0.348. The second-order valence-corrected chi connectivity index (χ2v) is 8.25. The molecule has 1 aliphatic heterocycles. The van der Waals surface area contributed by atoms with E-state index in [1.807, 2.05) is 0 Å². The van der Waals surface area contributed by atoms with Crippen molar-refractivity contribution in [3.63, 3.8) is 0 Å². The van der Waals surface area contributed by atoms with Crippen LogP contribution in [0.3, 0.4) is 0 Å². The van der Waals surface area contributed by atoms with Crippen LogP contribution in [0.4, 0.5) is 19.0 Å². The average molecular weight is 456 g/mol. The summed E-state index contributed by atoms with van der Waals surface area (Å²) in [6.45, 7) is 2.52. The van der Waals surface area contributed by atoms with Crippen LogP contribution in [0.25, 0.3) is 22.3 Å². The van der Waals surface area contributed by atoms with Crippen LogP contribution in [0.1, 0.15) is 24.3 Å². The van der Waals surface area contributed by atoms with E-state index in [0.29, 0.717) is 11.6 Å². The zero-order valence-electron chi connectivity index (χ0n) is 18.0. The Morgan fingerprint density at radius 2 is 1.91 bits per heavy atom. The average Bonchev–Trinajstić information content (AvgIpc) is 3.44. The van der Waals surface area contributed by atoms with Crippen LogP contribution in [0, 0.1) is 0 Å². The number of nitrogens with one attached hydrogen (secondary N) is 1. The number of para-hydroxylation sites is 1. The molecule has 172 valence electrons. The third-order valence-corrected chi connectivity index (χ3v) is 6.05. The second kappa shape index (κ2) is 8.51. The molecule has 10 heteroatoms. The quantitative estimate of drug-likeness (QED) is 0.480. The third-order valence-electron chi connectivity index (χ3n) is 6.05. The summed E-state index contributed by atoms with van der Waals surface area (Å²) in [4.78, 5) is 9.99. The molecule has 0 bridgehead atoms. The van der Waals surface area contributed by atoms with Crippen molar-refractivity contribution in [1.29, 1.82) is 0 Å². The first-order chi connectivity index (χ1) is 15.9. The first kappa shape index (κ1) is 21.4. The van der Waals surface area contributed by atoms with Crippen molar-refractivity contribution in [1.82, 2.24) is 25.0 Å². The van der Waals surface area contributed by atoms with Crippen molar-refractivity contribution in [2.24, 2.45) is 7.05 Å². The molecule has 33 heavy (non-hydrogen) atoms. The van der Waals surface area contributed by atoms with Crippen LogP contribution >= 0.6 is 0 Å². The standard InChI is InChI=1S/C23H23F3N6O/c1-31-14-16(18-4-2-3-5-19(18)31)13-27-17-8-10-32(11-9-17)20-7-6-15(12-28-20)21-29-22(33-30-21)23(24,25)26/h2-7,12,14,17,27H,8-11,13H2,1H3. The van der Waals surface area contributed by atoms with Crippen molar-refractivity contribution in [3.05, 3.63) is 60.2 Å². The second-order valence-electron chi connectivity index (χ2n) is 8.25. The van der Waals surface area contributed by atoms with Gasteiger partial charge in [-0.15, -0.1) is 0 Å². The number of alkyl halides is 3. The Morgan fingerprint density at radius 3 is 2.61 bits per heavy atom. The number of halogens is 3. The minimum Gasteiger partial charge on any atom is -0.357 e. The maximum Gasteiger partial charge on any atom is 0.471 e. The summed E-state index contributed by atoms with van der Waals surface area (Å²) in [7, 11) is 2.07. The molecule has 1 N–H and O–H groups in total. The summed E-state index contributed by atoms with van der Waals surface area (Å²) in [6.07, 6.45) is 0.956. The number of benzene rings is 1. The maximum absolute atomic E-state index is 12.7. The Kier molecular flexibility index (Phi) is 5.53. The van der Waals surface area contributed by atoms with Gasteiger partial charge in [0.1, 0.15) is 5.82 Å². The molecule has 7 nitrogen and oxygen atoms in total. The van der Waals surface area contributed by atoms with E-state index in [1.54, 1.807) is 12.1 Å². The zero-order chi connectivity index (χ0) is 23.0. The monoisotopic (exact) mass is 456 g/mol. The van der Waals surface area contributed by atoms with Gasteiger partial charge in [-0.1, -0.05) is 23.4 Å². The van der Waals surface area contributed by atoms with Gasteiger partial charge in [-0.05, 0) is 36.6 Å². The van der Waals surface area contributed by atoms with Crippen LogP contribution in [-0.4, -0.2) is 38.8 Å². The molecule has 1 aromatic carbocycles. The molecule has 0 radical (unpaired) electrons. The minimum atomic E-state index is -4.66. The van der Waals surface area contributed by atoms with Crippen molar-refractivity contribution in [2.75, 3.05) is 18.0 Å². The highest BCUT2D eigenvalue weighted by molar-refractivity contribution is 5.83. The Morgan fingerprint density at radius 1 is 1.12 bits per heavy atom. The minimum absolute atomic E-state index is 0.127. The van der Waals surface area contributed by atoms with Crippen LogP contribution < -0.4 is 10.2 Å². The summed E-state index contributed by atoms with van der Waals surface area (Å²) in [5.74, 6) is -0.705. The molecule has 4 heterocycles. The Labute approximate surface area is 188 Å². The largest absolute Gasteiger partial charge is 0.471 e. The highest BCUT2D eigenvalue weighted by Crippen LogP contribution is 2.29. The summed E-state index contributed by atoms with van der Waals surface area (Å²) in [6, 6.07) is 12.3. The van der Waals surface area contributed by atoms with Gasteiger partial charge in [0.05, 0.1) is 0 Å². The van der Waals surface area contributed by atoms with Gasteiger partial charge in [0.2, 0.25) is 5.82 Å². The maximum atomic E-state index is 12.7. The van der Waals surface area contributed by atoms with Crippen LogP contribution in [0.2, 0.25) is 0 Å². The fourth-order valence-electron chi connectivity index (χ4n) is 4.29. The van der Waals surface area contributed by atoms with Crippen LogP contribution in [0.5, 0.6) is 0 Å². The number of aromatic nitrogens is 4. The van der Waals surface area contributed by atoms with Crippen molar-refractivity contribution >= 4 is 16.7 Å². The van der Waals surface area contributed by atoms with E-state index >= 15 is 0 Å². The van der Waals surface area contributed by atoms with Crippen LogP contribution in [-0.2, 0) is 19.8 Å². The van der Waals surface area contributed by atoms with Crippen molar-refractivity contribution in [3.8, 4) is 11.4 Å². The number of rotatable bonds is 5. The number of piperidine rings is 1. The Bertz CT molecular complexity index is 1240.